The van der Waals surface area contributed by atoms with Crippen molar-refractivity contribution in [2.45, 2.75) is 47.0 Å². The van der Waals surface area contributed by atoms with E-state index >= 15 is 0 Å². The number of aromatic nitrogens is 4. The summed E-state index contributed by atoms with van der Waals surface area (Å²) >= 11 is 0. The van der Waals surface area contributed by atoms with Gasteiger partial charge in [0, 0.05) is 12.7 Å². The Bertz CT molecular complexity index is 1050. The van der Waals surface area contributed by atoms with Gasteiger partial charge in [-0.1, -0.05) is 12.1 Å². The number of hydrogen-bond donors (Lipinski definition) is 1. The van der Waals surface area contributed by atoms with E-state index in [-0.39, 0.29) is 12.5 Å². The Hall–Kier alpha value is -3.10. The monoisotopic (exact) mass is 405 g/mol. The second-order valence-corrected chi connectivity index (χ2v) is 6.84. The number of hydrogen-bond acceptors (Lipinski definition) is 3. The number of amides is 1. The highest BCUT2D eigenvalue weighted by atomic mass is 19.4. The molecule has 2 aromatic heterocycles. The predicted molar refractivity (Wildman–Crippen MR) is 103 cm³/mol. The lowest BCUT2D eigenvalue weighted by molar-refractivity contribution is -0.137. The number of carbonyl (C=O) groups excluding carboxylic acids is 1. The van der Waals surface area contributed by atoms with Crippen molar-refractivity contribution < 1.29 is 18.0 Å². The van der Waals surface area contributed by atoms with Gasteiger partial charge in [0.25, 0.3) is 5.91 Å². The molecule has 29 heavy (non-hydrogen) atoms. The molecular formula is C20H22F3N5O. The van der Waals surface area contributed by atoms with Crippen molar-refractivity contribution >= 4 is 11.6 Å². The largest absolute Gasteiger partial charge is 0.416 e. The van der Waals surface area contributed by atoms with Crippen LogP contribution in [0.1, 0.15) is 45.5 Å². The van der Waals surface area contributed by atoms with Crippen LogP contribution in [0.3, 0.4) is 0 Å². The predicted octanol–water partition coefficient (Wildman–Crippen LogP) is 4.34. The van der Waals surface area contributed by atoms with E-state index < -0.39 is 11.7 Å². The molecule has 0 fully saturated rings. The van der Waals surface area contributed by atoms with E-state index in [2.05, 4.69) is 15.5 Å². The molecule has 0 spiro atoms. The molecule has 0 bridgehead atoms. The van der Waals surface area contributed by atoms with Gasteiger partial charge in [-0.25, -0.2) is 0 Å². The molecule has 0 saturated carbocycles. The highest BCUT2D eigenvalue weighted by Gasteiger charge is 2.30. The summed E-state index contributed by atoms with van der Waals surface area (Å²) in [7, 11) is 0. The zero-order valence-electron chi connectivity index (χ0n) is 16.6. The van der Waals surface area contributed by atoms with Gasteiger partial charge in [0.1, 0.15) is 0 Å². The molecule has 1 N–H and O–H groups in total. The summed E-state index contributed by atoms with van der Waals surface area (Å²) in [5.41, 5.74) is 2.66. The summed E-state index contributed by atoms with van der Waals surface area (Å²) in [6.45, 7) is 8.03. The van der Waals surface area contributed by atoms with Crippen LogP contribution in [0.5, 0.6) is 0 Å². The van der Waals surface area contributed by atoms with Gasteiger partial charge in [0.15, 0.2) is 0 Å². The summed E-state index contributed by atoms with van der Waals surface area (Å²) in [4.78, 5) is 12.7. The maximum absolute atomic E-state index is 12.9. The molecule has 0 radical (unpaired) electrons. The zero-order valence-corrected chi connectivity index (χ0v) is 16.6. The topological polar surface area (TPSA) is 64.7 Å². The number of anilines is 1. The molecule has 3 rings (SSSR count). The minimum atomic E-state index is -4.40. The van der Waals surface area contributed by atoms with Gasteiger partial charge in [-0.15, -0.1) is 0 Å². The molecule has 0 saturated heterocycles. The third-order valence-electron chi connectivity index (χ3n) is 4.72. The number of carbonyl (C=O) groups is 1. The fourth-order valence-corrected chi connectivity index (χ4v) is 3.13. The maximum Gasteiger partial charge on any atom is 0.416 e. The zero-order chi connectivity index (χ0) is 21.3. The first-order chi connectivity index (χ1) is 13.6. The highest BCUT2D eigenvalue weighted by molar-refractivity contribution is 6.05. The normalized spacial score (nSPS) is 11.7. The minimum Gasteiger partial charge on any atom is -0.319 e. The van der Waals surface area contributed by atoms with Crippen molar-refractivity contribution in [3.05, 3.63) is 64.2 Å². The van der Waals surface area contributed by atoms with Crippen molar-refractivity contribution in [2.75, 3.05) is 5.32 Å². The molecule has 2 heterocycles. The summed E-state index contributed by atoms with van der Waals surface area (Å²) in [5.74, 6) is -0.299. The van der Waals surface area contributed by atoms with Crippen LogP contribution in [0.15, 0.2) is 30.5 Å². The van der Waals surface area contributed by atoms with E-state index in [0.717, 1.165) is 12.1 Å². The summed E-state index contributed by atoms with van der Waals surface area (Å²) in [6.07, 6.45) is -2.71. The van der Waals surface area contributed by atoms with Crippen LogP contribution < -0.4 is 5.32 Å². The van der Waals surface area contributed by atoms with Crippen LogP contribution in [0.4, 0.5) is 18.9 Å². The average molecular weight is 405 g/mol. The Balaban J connectivity index is 1.83. The first-order valence-electron chi connectivity index (χ1n) is 9.15. The van der Waals surface area contributed by atoms with Crippen LogP contribution in [0, 0.1) is 20.8 Å². The van der Waals surface area contributed by atoms with Crippen molar-refractivity contribution in [3.63, 3.8) is 0 Å². The summed E-state index contributed by atoms with van der Waals surface area (Å²) in [6, 6.07) is 5.14. The quantitative estimate of drug-likeness (QED) is 0.687. The number of alkyl halides is 3. The van der Waals surface area contributed by atoms with E-state index in [1.54, 1.807) is 42.4 Å². The first-order valence-corrected chi connectivity index (χ1v) is 9.15. The van der Waals surface area contributed by atoms with Gasteiger partial charge in [-0.3, -0.25) is 14.2 Å². The van der Waals surface area contributed by atoms with Gasteiger partial charge in [-0.2, -0.15) is 23.4 Å². The smallest absolute Gasteiger partial charge is 0.319 e. The molecule has 6 nitrogen and oxygen atoms in total. The average Bonchev–Trinajstić information content (AvgIpc) is 3.16. The third-order valence-corrected chi connectivity index (χ3v) is 4.72. The van der Waals surface area contributed by atoms with Crippen LogP contribution in [0.25, 0.3) is 0 Å². The molecule has 3 aromatic rings. The van der Waals surface area contributed by atoms with E-state index in [1.165, 1.54) is 6.07 Å². The summed E-state index contributed by atoms with van der Waals surface area (Å²) in [5, 5.41) is 11.5. The van der Waals surface area contributed by atoms with Gasteiger partial charge in [0.2, 0.25) is 0 Å². The molecule has 1 aromatic carbocycles. The number of rotatable bonds is 5. The molecule has 0 aliphatic heterocycles. The fourth-order valence-electron chi connectivity index (χ4n) is 3.13. The van der Waals surface area contributed by atoms with Crippen LogP contribution in [-0.2, 0) is 19.3 Å². The lowest BCUT2D eigenvalue weighted by atomic mass is 10.1. The third kappa shape index (κ3) is 4.33. The Labute approximate surface area is 166 Å². The highest BCUT2D eigenvalue weighted by Crippen LogP contribution is 2.30. The van der Waals surface area contributed by atoms with Crippen molar-refractivity contribution in [1.29, 1.82) is 0 Å². The number of nitrogens with zero attached hydrogens (tertiary/aromatic N) is 4. The minimum absolute atomic E-state index is 0.166. The molecule has 1 amide bonds. The Morgan fingerprint density at radius 2 is 1.86 bits per heavy atom. The Kier molecular flexibility index (Phi) is 5.50. The Morgan fingerprint density at radius 1 is 1.14 bits per heavy atom. The molecule has 154 valence electrons. The van der Waals surface area contributed by atoms with Crippen LogP contribution in [0.2, 0.25) is 0 Å². The first kappa shape index (κ1) is 20.6. The molecule has 0 unspecified atom stereocenters. The number of benzene rings is 1. The number of halogens is 3. The Morgan fingerprint density at radius 3 is 2.48 bits per heavy atom. The SMILES string of the molecule is CCn1cc(C(=O)Nc2c(C)nn(Cc3cccc(C(F)(F)F)c3)c2C)c(C)n1. The second kappa shape index (κ2) is 7.73. The van der Waals surface area contributed by atoms with Gasteiger partial charge < -0.3 is 5.32 Å². The van der Waals surface area contributed by atoms with Crippen molar-refractivity contribution in [2.24, 2.45) is 0 Å². The van der Waals surface area contributed by atoms with E-state index in [4.69, 9.17) is 0 Å². The van der Waals surface area contributed by atoms with E-state index in [9.17, 15) is 18.0 Å². The lowest BCUT2D eigenvalue weighted by Crippen LogP contribution is -2.14. The molecule has 0 aliphatic rings. The molecule has 0 aliphatic carbocycles. The number of nitrogens with one attached hydrogen (secondary N) is 1. The van der Waals surface area contributed by atoms with E-state index in [0.29, 0.717) is 40.4 Å². The van der Waals surface area contributed by atoms with E-state index in [1.807, 2.05) is 6.92 Å². The standard InChI is InChI=1S/C20H22F3N5O/c1-5-27-11-17(12(2)25-27)19(29)24-18-13(3)26-28(14(18)4)10-15-7-6-8-16(9-15)20(21,22)23/h6-9,11H,5,10H2,1-4H3,(H,24,29). The van der Waals surface area contributed by atoms with Gasteiger partial charge in [-0.05, 0) is 45.4 Å². The van der Waals surface area contributed by atoms with Crippen LogP contribution in [-0.4, -0.2) is 25.5 Å². The van der Waals surface area contributed by atoms with Gasteiger partial charge in [0.05, 0.1) is 40.4 Å². The fraction of sp³-hybridized carbons (Fsp3) is 0.350. The van der Waals surface area contributed by atoms with Gasteiger partial charge >= 0.3 is 6.18 Å². The maximum atomic E-state index is 12.9. The molecular weight excluding hydrogens is 383 g/mol. The lowest BCUT2D eigenvalue weighted by Gasteiger charge is -2.10. The van der Waals surface area contributed by atoms with Crippen molar-refractivity contribution in [3.8, 4) is 0 Å². The number of aryl methyl sites for hydroxylation is 3. The molecule has 9 heteroatoms. The van der Waals surface area contributed by atoms with Crippen LogP contribution >= 0.6 is 0 Å². The van der Waals surface area contributed by atoms with Crippen molar-refractivity contribution in [1.82, 2.24) is 19.6 Å². The summed E-state index contributed by atoms with van der Waals surface area (Å²) < 4.78 is 42.1. The molecule has 0 atom stereocenters. The second-order valence-electron chi connectivity index (χ2n) is 6.84.